The molecule has 164 valence electrons. The maximum atomic E-state index is 12.8. The number of nitrogens with one attached hydrogen (secondary N) is 1. The van der Waals surface area contributed by atoms with Crippen LogP contribution in [0, 0.1) is 6.92 Å². The molecule has 2 aromatic carbocycles. The minimum atomic E-state index is -0.328. The molecule has 1 spiro atoms. The Morgan fingerprint density at radius 1 is 1.13 bits per heavy atom. The number of carbonyl (C=O) groups excluding carboxylic acids is 2. The molecule has 31 heavy (non-hydrogen) atoms. The van der Waals surface area contributed by atoms with E-state index in [0.717, 1.165) is 41.8 Å². The third-order valence-electron chi connectivity index (χ3n) is 6.45. The van der Waals surface area contributed by atoms with Gasteiger partial charge in [0.2, 0.25) is 5.91 Å². The molecule has 1 saturated heterocycles. The van der Waals surface area contributed by atoms with Crippen LogP contribution in [0.2, 0.25) is 0 Å². The number of nitrogens with zero attached hydrogens (tertiary/aromatic N) is 2. The van der Waals surface area contributed by atoms with E-state index in [4.69, 9.17) is 4.74 Å². The smallest absolute Gasteiger partial charge is 0.321 e. The Bertz CT molecular complexity index is 964. The van der Waals surface area contributed by atoms with Crippen LogP contribution in [0.4, 0.5) is 10.5 Å². The summed E-state index contributed by atoms with van der Waals surface area (Å²) in [5.74, 6) is 1.14. The molecular weight excluding hydrogens is 390 g/mol. The molecule has 6 nitrogen and oxygen atoms in total. The summed E-state index contributed by atoms with van der Waals surface area (Å²) in [7, 11) is 3.60. The first kappa shape index (κ1) is 21.2. The van der Waals surface area contributed by atoms with Gasteiger partial charge in [0, 0.05) is 58.1 Å². The number of anilines is 1. The minimum Gasteiger partial charge on any atom is -0.487 e. The van der Waals surface area contributed by atoms with Crippen molar-refractivity contribution in [1.82, 2.24) is 9.80 Å². The maximum absolute atomic E-state index is 12.8. The lowest BCUT2D eigenvalue weighted by Crippen LogP contribution is -2.52. The monoisotopic (exact) mass is 421 g/mol. The van der Waals surface area contributed by atoms with Crippen LogP contribution >= 0.6 is 0 Å². The molecule has 0 saturated carbocycles. The van der Waals surface area contributed by atoms with Crippen molar-refractivity contribution in [2.24, 2.45) is 0 Å². The first-order chi connectivity index (χ1) is 14.8. The number of aryl methyl sites for hydroxylation is 1. The highest BCUT2D eigenvalue weighted by atomic mass is 16.5. The Morgan fingerprint density at radius 2 is 1.87 bits per heavy atom. The second-order valence-electron chi connectivity index (χ2n) is 9.00. The van der Waals surface area contributed by atoms with Crippen molar-refractivity contribution in [3.05, 3.63) is 59.7 Å². The van der Waals surface area contributed by atoms with Crippen LogP contribution in [0.5, 0.6) is 5.75 Å². The van der Waals surface area contributed by atoms with E-state index in [1.54, 1.807) is 19.0 Å². The third kappa shape index (κ3) is 4.68. The Labute approximate surface area is 184 Å². The van der Waals surface area contributed by atoms with Gasteiger partial charge in [-0.3, -0.25) is 4.79 Å². The van der Waals surface area contributed by atoms with Gasteiger partial charge in [-0.05, 0) is 42.7 Å². The minimum absolute atomic E-state index is 0.0732. The van der Waals surface area contributed by atoms with E-state index in [9.17, 15) is 9.59 Å². The molecule has 2 heterocycles. The number of likely N-dealkylation sites (tertiary alicyclic amines) is 1. The molecule has 0 bridgehead atoms. The molecular formula is C25H31N3O3. The average Bonchev–Trinajstić information content (AvgIpc) is 2.74. The topological polar surface area (TPSA) is 61.9 Å². The number of carbonyl (C=O) groups is 2. The number of benzene rings is 2. The zero-order valence-corrected chi connectivity index (χ0v) is 18.6. The normalized spacial score (nSPS) is 19.3. The van der Waals surface area contributed by atoms with Crippen molar-refractivity contribution in [3.63, 3.8) is 0 Å². The standard InChI is InChI=1S/C25H31N3O3/c1-18-7-6-8-20(15-18)26-24(30)28-13-11-25(12-14-28)17-19(16-23(29)27(2)3)21-9-4-5-10-22(21)31-25/h4-10,15,19H,11-14,16-17H2,1-3H3,(H,26,30)/t19-/m0/s1. The largest absolute Gasteiger partial charge is 0.487 e. The molecule has 0 radical (unpaired) electrons. The lowest BCUT2D eigenvalue weighted by atomic mass is 9.76. The highest BCUT2D eigenvalue weighted by Crippen LogP contribution is 2.46. The van der Waals surface area contributed by atoms with Crippen molar-refractivity contribution in [2.45, 2.75) is 44.1 Å². The highest BCUT2D eigenvalue weighted by Gasteiger charge is 2.44. The summed E-state index contributed by atoms with van der Waals surface area (Å²) in [6.45, 7) is 3.28. The number of rotatable bonds is 3. The molecule has 3 amide bonds. The molecule has 2 aromatic rings. The van der Waals surface area contributed by atoms with Gasteiger partial charge in [0.1, 0.15) is 11.4 Å². The van der Waals surface area contributed by atoms with Gasteiger partial charge in [-0.1, -0.05) is 30.3 Å². The molecule has 4 rings (SSSR count). The van der Waals surface area contributed by atoms with Crippen LogP contribution in [-0.2, 0) is 4.79 Å². The summed E-state index contributed by atoms with van der Waals surface area (Å²) < 4.78 is 6.51. The Hall–Kier alpha value is -3.02. The second kappa shape index (κ2) is 8.61. The van der Waals surface area contributed by atoms with Gasteiger partial charge in [-0.25, -0.2) is 4.79 Å². The first-order valence-corrected chi connectivity index (χ1v) is 11.0. The highest BCUT2D eigenvalue weighted by molar-refractivity contribution is 5.89. The molecule has 0 aromatic heterocycles. The Kier molecular flexibility index (Phi) is 5.90. The van der Waals surface area contributed by atoms with Crippen LogP contribution in [0.3, 0.4) is 0 Å². The number of para-hydroxylation sites is 1. The van der Waals surface area contributed by atoms with Crippen LogP contribution in [0.25, 0.3) is 0 Å². The molecule has 0 unspecified atom stereocenters. The van der Waals surface area contributed by atoms with Crippen LogP contribution < -0.4 is 10.1 Å². The number of hydrogen-bond donors (Lipinski definition) is 1. The Morgan fingerprint density at radius 3 is 2.58 bits per heavy atom. The fourth-order valence-corrected chi connectivity index (χ4v) is 4.67. The zero-order chi connectivity index (χ0) is 22.0. The summed E-state index contributed by atoms with van der Waals surface area (Å²) >= 11 is 0. The molecule has 0 aliphatic carbocycles. The van der Waals surface area contributed by atoms with E-state index in [0.29, 0.717) is 19.5 Å². The van der Waals surface area contributed by atoms with Crippen molar-refractivity contribution in [1.29, 1.82) is 0 Å². The molecule has 1 fully saturated rings. The summed E-state index contributed by atoms with van der Waals surface area (Å²) in [6, 6.07) is 15.8. The Balaban J connectivity index is 1.44. The summed E-state index contributed by atoms with van der Waals surface area (Å²) in [5.41, 5.74) is 2.72. The predicted molar refractivity (Wildman–Crippen MR) is 121 cm³/mol. The van der Waals surface area contributed by atoms with Crippen LogP contribution in [0.1, 0.15) is 42.7 Å². The number of hydrogen-bond acceptors (Lipinski definition) is 3. The summed E-state index contributed by atoms with van der Waals surface area (Å²) in [4.78, 5) is 28.7. The van der Waals surface area contributed by atoms with Gasteiger partial charge in [0.25, 0.3) is 0 Å². The predicted octanol–water partition coefficient (Wildman–Crippen LogP) is 4.41. The van der Waals surface area contributed by atoms with Crippen molar-refractivity contribution in [2.75, 3.05) is 32.5 Å². The lowest BCUT2D eigenvalue weighted by Gasteiger charge is -2.47. The van der Waals surface area contributed by atoms with E-state index in [2.05, 4.69) is 11.4 Å². The van der Waals surface area contributed by atoms with Gasteiger partial charge < -0.3 is 19.9 Å². The zero-order valence-electron chi connectivity index (χ0n) is 18.6. The van der Waals surface area contributed by atoms with Gasteiger partial charge in [-0.15, -0.1) is 0 Å². The van der Waals surface area contributed by atoms with Crippen molar-refractivity contribution < 1.29 is 14.3 Å². The summed E-state index contributed by atoms with van der Waals surface area (Å²) in [5, 5.41) is 3.00. The van der Waals surface area contributed by atoms with Crippen molar-refractivity contribution >= 4 is 17.6 Å². The number of fused-ring (bicyclic) bond motifs is 1. The van der Waals surface area contributed by atoms with Gasteiger partial charge >= 0.3 is 6.03 Å². The lowest BCUT2D eigenvalue weighted by molar-refractivity contribution is -0.129. The van der Waals surface area contributed by atoms with E-state index in [-0.39, 0.29) is 23.5 Å². The maximum Gasteiger partial charge on any atom is 0.321 e. The molecule has 2 aliphatic heterocycles. The average molecular weight is 422 g/mol. The SMILES string of the molecule is Cc1cccc(NC(=O)N2CCC3(CC2)C[C@H](CC(=O)N(C)C)c2ccccc2O3)c1. The van der Waals surface area contributed by atoms with Crippen LogP contribution in [0.15, 0.2) is 48.5 Å². The summed E-state index contributed by atoms with van der Waals surface area (Å²) in [6.07, 6.45) is 2.80. The van der Waals surface area contributed by atoms with E-state index >= 15 is 0 Å². The quantitative estimate of drug-likeness (QED) is 0.799. The van der Waals surface area contributed by atoms with Crippen molar-refractivity contribution in [3.8, 4) is 5.75 Å². The number of amides is 3. The molecule has 2 aliphatic rings. The second-order valence-corrected chi connectivity index (χ2v) is 9.00. The van der Waals surface area contributed by atoms with E-state index in [1.165, 1.54) is 0 Å². The fourth-order valence-electron chi connectivity index (χ4n) is 4.67. The third-order valence-corrected chi connectivity index (χ3v) is 6.45. The van der Waals surface area contributed by atoms with Gasteiger partial charge in [0.05, 0.1) is 0 Å². The first-order valence-electron chi connectivity index (χ1n) is 11.0. The van der Waals surface area contributed by atoms with Gasteiger partial charge in [0.15, 0.2) is 0 Å². The van der Waals surface area contributed by atoms with E-state index in [1.807, 2.05) is 54.3 Å². The molecule has 1 atom stereocenters. The van der Waals surface area contributed by atoms with Gasteiger partial charge in [-0.2, -0.15) is 0 Å². The van der Waals surface area contributed by atoms with E-state index < -0.39 is 0 Å². The number of urea groups is 1. The fraction of sp³-hybridized carbons (Fsp3) is 0.440. The molecule has 1 N–H and O–H groups in total. The number of ether oxygens (including phenoxy) is 1. The number of piperidine rings is 1. The van der Waals surface area contributed by atoms with Crippen LogP contribution in [-0.4, -0.2) is 54.5 Å². The molecule has 6 heteroatoms.